The van der Waals surface area contributed by atoms with E-state index in [1.54, 1.807) is 24.3 Å². The van der Waals surface area contributed by atoms with Crippen molar-refractivity contribution < 1.29 is 4.39 Å². The summed E-state index contributed by atoms with van der Waals surface area (Å²) in [5, 5.41) is 0.584. The summed E-state index contributed by atoms with van der Waals surface area (Å²) in [5.41, 5.74) is 6.18. The van der Waals surface area contributed by atoms with Crippen LogP contribution in [0, 0.1) is 5.82 Å². The van der Waals surface area contributed by atoms with E-state index in [4.69, 9.17) is 17.3 Å². The highest BCUT2D eigenvalue weighted by molar-refractivity contribution is 6.30. The minimum atomic E-state index is -0.508. The largest absolute Gasteiger partial charge is 0.368 e. The highest BCUT2D eigenvalue weighted by Crippen LogP contribution is 2.22. The van der Waals surface area contributed by atoms with E-state index in [1.165, 1.54) is 0 Å². The van der Waals surface area contributed by atoms with Gasteiger partial charge in [0, 0.05) is 10.6 Å². The first-order chi connectivity index (χ1) is 7.16. The van der Waals surface area contributed by atoms with E-state index in [2.05, 4.69) is 9.97 Å². The number of nitrogen functional groups attached to an aromatic ring is 1. The molecule has 1 aromatic carbocycles. The van der Waals surface area contributed by atoms with Gasteiger partial charge in [0.2, 0.25) is 5.95 Å². The van der Waals surface area contributed by atoms with Gasteiger partial charge in [0.15, 0.2) is 5.82 Å². The van der Waals surface area contributed by atoms with E-state index >= 15 is 0 Å². The maximum atomic E-state index is 13.3. The van der Waals surface area contributed by atoms with Gasteiger partial charge in [-0.2, -0.15) is 0 Å². The van der Waals surface area contributed by atoms with Crippen LogP contribution in [0.1, 0.15) is 0 Å². The third-order valence-electron chi connectivity index (χ3n) is 1.88. The summed E-state index contributed by atoms with van der Waals surface area (Å²) in [5.74, 6) is -0.465. The molecule has 0 bridgehead atoms. The summed E-state index contributed by atoms with van der Waals surface area (Å²) in [6.07, 6.45) is 1.05. The molecule has 0 fully saturated rings. The molecule has 0 unspecified atom stereocenters. The van der Waals surface area contributed by atoms with E-state index < -0.39 is 5.82 Å². The second kappa shape index (κ2) is 3.82. The van der Waals surface area contributed by atoms with Crippen molar-refractivity contribution in [1.82, 2.24) is 9.97 Å². The fourth-order valence-corrected chi connectivity index (χ4v) is 1.32. The zero-order valence-corrected chi connectivity index (χ0v) is 8.37. The molecule has 0 radical (unpaired) electrons. The molecule has 76 valence electrons. The number of anilines is 1. The Kier molecular flexibility index (Phi) is 2.51. The lowest BCUT2D eigenvalue weighted by Crippen LogP contribution is -1.98. The van der Waals surface area contributed by atoms with Crippen molar-refractivity contribution in [3.8, 4) is 11.3 Å². The molecule has 0 aliphatic carbocycles. The molecule has 1 aromatic heterocycles. The standard InChI is InChI=1S/C10H7ClFN3/c11-7-3-1-6(2-4-7)9-8(12)5-14-10(13)15-9/h1-5H,(H2,13,14,15). The Hall–Kier alpha value is -1.68. The minimum absolute atomic E-state index is 0.0429. The van der Waals surface area contributed by atoms with Crippen molar-refractivity contribution >= 4 is 17.5 Å². The first-order valence-electron chi connectivity index (χ1n) is 4.21. The SMILES string of the molecule is Nc1ncc(F)c(-c2ccc(Cl)cc2)n1. The van der Waals surface area contributed by atoms with Gasteiger partial charge in [0.05, 0.1) is 6.20 Å². The molecular weight excluding hydrogens is 217 g/mol. The molecule has 0 aliphatic heterocycles. The lowest BCUT2D eigenvalue weighted by molar-refractivity contribution is 0.619. The third-order valence-corrected chi connectivity index (χ3v) is 2.13. The topological polar surface area (TPSA) is 51.8 Å². The minimum Gasteiger partial charge on any atom is -0.368 e. The van der Waals surface area contributed by atoms with E-state index in [1.807, 2.05) is 0 Å². The van der Waals surface area contributed by atoms with Crippen molar-refractivity contribution in [1.29, 1.82) is 0 Å². The molecule has 0 saturated heterocycles. The Morgan fingerprint density at radius 3 is 2.53 bits per heavy atom. The molecule has 0 atom stereocenters. The summed E-state index contributed by atoms with van der Waals surface area (Å²) in [6, 6.07) is 6.67. The fourth-order valence-electron chi connectivity index (χ4n) is 1.19. The number of hydrogen-bond donors (Lipinski definition) is 1. The Morgan fingerprint density at radius 2 is 1.87 bits per heavy atom. The molecule has 5 heteroatoms. The van der Waals surface area contributed by atoms with Gasteiger partial charge in [-0.15, -0.1) is 0 Å². The van der Waals surface area contributed by atoms with E-state index in [0.717, 1.165) is 6.20 Å². The van der Waals surface area contributed by atoms with Crippen LogP contribution in [-0.2, 0) is 0 Å². The lowest BCUT2D eigenvalue weighted by Gasteiger charge is -2.02. The van der Waals surface area contributed by atoms with Gasteiger partial charge >= 0.3 is 0 Å². The van der Waals surface area contributed by atoms with Crippen molar-refractivity contribution in [2.75, 3.05) is 5.73 Å². The number of aromatic nitrogens is 2. The van der Waals surface area contributed by atoms with E-state index in [0.29, 0.717) is 10.6 Å². The Morgan fingerprint density at radius 1 is 1.20 bits per heavy atom. The monoisotopic (exact) mass is 223 g/mol. The van der Waals surface area contributed by atoms with Crippen LogP contribution in [-0.4, -0.2) is 9.97 Å². The van der Waals surface area contributed by atoms with Crippen LogP contribution >= 0.6 is 11.6 Å². The van der Waals surface area contributed by atoms with Crippen LogP contribution in [0.25, 0.3) is 11.3 Å². The van der Waals surface area contributed by atoms with Crippen LogP contribution in [0.4, 0.5) is 10.3 Å². The average Bonchev–Trinajstić information content (AvgIpc) is 2.23. The quantitative estimate of drug-likeness (QED) is 0.808. The van der Waals surface area contributed by atoms with Crippen molar-refractivity contribution in [2.24, 2.45) is 0 Å². The van der Waals surface area contributed by atoms with Gasteiger partial charge in [0.1, 0.15) is 5.69 Å². The molecule has 0 spiro atoms. The molecule has 0 aliphatic rings. The Balaban J connectivity index is 2.53. The lowest BCUT2D eigenvalue weighted by atomic mass is 10.1. The predicted molar refractivity (Wildman–Crippen MR) is 56.8 cm³/mol. The number of nitrogens with two attached hydrogens (primary N) is 1. The van der Waals surface area contributed by atoms with Gasteiger partial charge in [-0.05, 0) is 12.1 Å². The van der Waals surface area contributed by atoms with Gasteiger partial charge in [-0.1, -0.05) is 23.7 Å². The molecule has 2 aromatic rings. The van der Waals surface area contributed by atoms with Crippen LogP contribution in [0.5, 0.6) is 0 Å². The predicted octanol–water partition coefficient (Wildman–Crippen LogP) is 2.52. The molecule has 0 amide bonds. The van der Waals surface area contributed by atoms with Crippen LogP contribution in [0.15, 0.2) is 30.5 Å². The fraction of sp³-hybridized carbons (Fsp3) is 0. The number of hydrogen-bond acceptors (Lipinski definition) is 3. The Labute approximate surface area is 90.7 Å². The summed E-state index contributed by atoms with van der Waals surface area (Å²) < 4.78 is 13.3. The smallest absolute Gasteiger partial charge is 0.220 e. The Bertz CT molecular complexity index is 485. The zero-order valence-electron chi connectivity index (χ0n) is 7.61. The zero-order chi connectivity index (χ0) is 10.8. The molecule has 1 heterocycles. The summed E-state index contributed by atoms with van der Waals surface area (Å²) in [7, 11) is 0. The highest BCUT2D eigenvalue weighted by Gasteiger charge is 2.07. The second-order valence-electron chi connectivity index (χ2n) is 2.93. The van der Waals surface area contributed by atoms with Gasteiger partial charge in [-0.3, -0.25) is 0 Å². The number of nitrogens with zero attached hydrogens (tertiary/aromatic N) is 2. The first-order valence-corrected chi connectivity index (χ1v) is 4.58. The third kappa shape index (κ3) is 2.05. The first kappa shape index (κ1) is 9.86. The molecular formula is C10H7ClFN3. The maximum Gasteiger partial charge on any atom is 0.220 e. The highest BCUT2D eigenvalue weighted by atomic mass is 35.5. The number of rotatable bonds is 1. The average molecular weight is 224 g/mol. The molecule has 15 heavy (non-hydrogen) atoms. The maximum absolute atomic E-state index is 13.3. The number of benzene rings is 1. The van der Waals surface area contributed by atoms with Gasteiger partial charge in [-0.25, -0.2) is 14.4 Å². The molecule has 3 nitrogen and oxygen atoms in total. The van der Waals surface area contributed by atoms with E-state index in [-0.39, 0.29) is 11.6 Å². The van der Waals surface area contributed by atoms with Gasteiger partial charge < -0.3 is 5.73 Å². The van der Waals surface area contributed by atoms with Gasteiger partial charge in [0.25, 0.3) is 0 Å². The van der Waals surface area contributed by atoms with Crippen molar-refractivity contribution in [3.63, 3.8) is 0 Å². The normalized spacial score (nSPS) is 10.3. The summed E-state index contributed by atoms with van der Waals surface area (Å²) in [6.45, 7) is 0. The van der Waals surface area contributed by atoms with Crippen molar-refractivity contribution in [3.05, 3.63) is 41.3 Å². The summed E-state index contributed by atoms with van der Waals surface area (Å²) in [4.78, 5) is 7.37. The molecule has 0 saturated carbocycles. The second-order valence-corrected chi connectivity index (χ2v) is 3.37. The summed E-state index contributed by atoms with van der Waals surface area (Å²) >= 11 is 5.72. The molecule has 2 N–H and O–H groups in total. The molecule has 2 rings (SSSR count). The van der Waals surface area contributed by atoms with Crippen LogP contribution in [0.3, 0.4) is 0 Å². The van der Waals surface area contributed by atoms with Crippen LogP contribution in [0.2, 0.25) is 5.02 Å². The van der Waals surface area contributed by atoms with E-state index in [9.17, 15) is 4.39 Å². The van der Waals surface area contributed by atoms with Crippen LogP contribution < -0.4 is 5.73 Å². The van der Waals surface area contributed by atoms with Crippen molar-refractivity contribution in [2.45, 2.75) is 0 Å². The number of halogens is 2.